The van der Waals surface area contributed by atoms with Crippen LogP contribution in [0.4, 0.5) is 0 Å². The van der Waals surface area contributed by atoms with Crippen LogP contribution in [0.5, 0.6) is 0 Å². The Kier molecular flexibility index (Phi) is 6.54. The fraction of sp³-hybridized carbons (Fsp3) is 0.889. The predicted molar refractivity (Wildman–Crippen MR) is 61.7 cm³/mol. The van der Waals surface area contributed by atoms with Crippen molar-refractivity contribution in [2.75, 3.05) is 19.3 Å². The minimum atomic E-state index is -3.67. The number of carbonyl (C=O) groups is 1. The first kappa shape index (κ1) is 15.3. The molecule has 0 aromatic carbocycles. The maximum atomic E-state index is 11.2. The number of hydrogen-bond acceptors (Lipinski definition) is 4. The summed E-state index contributed by atoms with van der Waals surface area (Å²) in [5, 5.41) is 6.02. The van der Waals surface area contributed by atoms with Gasteiger partial charge in [-0.05, 0) is 12.3 Å². The molecule has 1 fully saturated rings. The molecule has 0 saturated carbocycles. The molecule has 1 unspecified atom stereocenters. The molecular formula is C9H20N2O4S. The molecule has 1 rings (SSSR count). The molecule has 0 aromatic heterocycles. The molecule has 7 heteroatoms. The van der Waals surface area contributed by atoms with Gasteiger partial charge in [-0.1, -0.05) is 13.8 Å². The summed E-state index contributed by atoms with van der Waals surface area (Å²) in [4.78, 5) is 11.2. The standard InChI is InChI=1S/C8H16N2O.CH4O3S/c1-6(2)5-7-8(11)10-4-3-9-7;1-5(2,3)4/h6-7,9H,3-5H2,1-2H3,(H,10,11);1H3,(H,2,3,4). The van der Waals surface area contributed by atoms with Gasteiger partial charge in [-0.3, -0.25) is 9.35 Å². The van der Waals surface area contributed by atoms with Gasteiger partial charge < -0.3 is 10.6 Å². The third-order valence-electron chi connectivity index (χ3n) is 1.84. The Morgan fingerprint density at radius 1 is 1.44 bits per heavy atom. The molecule has 6 nitrogen and oxygen atoms in total. The Morgan fingerprint density at radius 2 is 1.94 bits per heavy atom. The van der Waals surface area contributed by atoms with E-state index in [0.29, 0.717) is 12.2 Å². The van der Waals surface area contributed by atoms with Gasteiger partial charge in [-0.15, -0.1) is 0 Å². The number of piperazine rings is 1. The van der Waals surface area contributed by atoms with Crippen molar-refractivity contribution in [3.8, 4) is 0 Å². The molecule has 3 N–H and O–H groups in total. The summed E-state index contributed by atoms with van der Waals surface area (Å²) in [6.45, 7) is 5.93. The first-order valence-electron chi connectivity index (χ1n) is 5.13. The van der Waals surface area contributed by atoms with Gasteiger partial charge in [0.05, 0.1) is 12.3 Å². The van der Waals surface area contributed by atoms with E-state index in [1.807, 2.05) is 0 Å². The SMILES string of the molecule is CC(C)CC1NCCNC1=O.CS(=O)(=O)O. The number of amides is 1. The van der Waals surface area contributed by atoms with Gasteiger partial charge >= 0.3 is 0 Å². The molecule has 16 heavy (non-hydrogen) atoms. The van der Waals surface area contributed by atoms with Crippen LogP contribution < -0.4 is 10.6 Å². The quantitative estimate of drug-likeness (QED) is 0.582. The lowest BCUT2D eigenvalue weighted by molar-refractivity contribution is -0.124. The maximum Gasteiger partial charge on any atom is 0.261 e. The van der Waals surface area contributed by atoms with Gasteiger partial charge in [0.15, 0.2) is 0 Å². The molecule has 0 bridgehead atoms. The van der Waals surface area contributed by atoms with Crippen molar-refractivity contribution in [1.29, 1.82) is 0 Å². The minimum absolute atomic E-state index is 0.0451. The summed E-state index contributed by atoms with van der Waals surface area (Å²) >= 11 is 0. The molecule has 0 aliphatic carbocycles. The van der Waals surface area contributed by atoms with E-state index in [1.54, 1.807) is 0 Å². The summed E-state index contributed by atoms with van der Waals surface area (Å²) in [7, 11) is -3.67. The van der Waals surface area contributed by atoms with Crippen molar-refractivity contribution in [3.63, 3.8) is 0 Å². The minimum Gasteiger partial charge on any atom is -0.353 e. The Balaban J connectivity index is 0.000000385. The van der Waals surface area contributed by atoms with Crippen LogP contribution in [0.25, 0.3) is 0 Å². The first-order valence-corrected chi connectivity index (χ1v) is 6.98. The smallest absolute Gasteiger partial charge is 0.261 e. The molecule has 1 heterocycles. The zero-order chi connectivity index (χ0) is 12.8. The molecular weight excluding hydrogens is 232 g/mol. The Morgan fingerprint density at radius 3 is 2.31 bits per heavy atom. The average molecular weight is 252 g/mol. The maximum absolute atomic E-state index is 11.2. The lowest BCUT2D eigenvalue weighted by Gasteiger charge is -2.24. The van der Waals surface area contributed by atoms with E-state index in [-0.39, 0.29) is 11.9 Å². The lowest BCUT2D eigenvalue weighted by atomic mass is 10.0. The van der Waals surface area contributed by atoms with Crippen molar-refractivity contribution < 1.29 is 17.8 Å². The van der Waals surface area contributed by atoms with E-state index >= 15 is 0 Å². The van der Waals surface area contributed by atoms with Crippen molar-refractivity contribution in [2.45, 2.75) is 26.3 Å². The molecule has 1 atom stereocenters. The van der Waals surface area contributed by atoms with Gasteiger partial charge in [0, 0.05) is 13.1 Å². The third kappa shape index (κ3) is 9.88. The number of hydrogen-bond donors (Lipinski definition) is 3. The highest BCUT2D eigenvalue weighted by atomic mass is 32.2. The summed E-state index contributed by atoms with van der Waals surface area (Å²) in [6, 6.07) is 0.0451. The van der Waals surface area contributed by atoms with Gasteiger partial charge in [0.1, 0.15) is 0 Å². The van der Waals surface area contributed by atoms with E-state index in [4.69, 9.17) is 4.55 Å². The summed E-state index contributed by atoms with van der Waals surface area (Å²) in [5.74, 6) is 0.737. The topological polar surface area (TPSA) is 95.5 Å². The zero-order valence-corrected chi connectivity index (χ0v) is 10.7. The lowest BCUT2D eigenvalue weighted by Crippen LogP contribution is -2.53. The van der Waals surface area contributed by atoms with Gasteiger partial charge in [0.25, 0.3) is 10.1 Å². The molecule has 1 aliphatic rings. The number of carbonyl (C=O) groups excluding carboxylic acids is 1. The normalized spacial score (nSPS) is 21.1. The van der Waals surface area contributed by atoms with Crippen LogP contribution in [-0.2, 0) is 14.9 Å². The van der Waals surface area contributed by atoms with Crippen LogP contribution in [0.2, 0.25) is 0 Å². The predicted octanol–water partition coefficient (Wildman–Crippen LogP) is -0.375. The van der Waals surface area contributed by atoms with E-state index < -0.39 is 10.1 Å². The van der Waals surface area contributed by atoms with Gasteiger partial charge in [-0.25, -0.2) is 0 Å². The van der Waals surface area contributed by atoms with Crippen LogP contribution in [0, 0.1) is 5.92 Å². The summed E-state index contributed by atoms with van der Waals surface area (Å²) < 4.78 is 25.9. The molecule has 1 amide bonds. The van der Waals surface area contributed by atoms with Crippen molar-refractivity contribution in [1.82, 2.24) is 10.6 Å². The average Bonchev–Trinajstić information content (AvgIpc) is 2.05. The molecule has 0 radical (unpaired) electrons. The molecule has 1 aliphatic heterocycles. The molecule has 0 aromatic rings. The van der Waals surface area contributed by atoms with E-state index in [0.717, 1.165) is 19.5 Å². The van der Waals surface area contributed by atoms with Crippen molar-refractivity contribution in [3.05, 3.63) is 0 Å². The van der Waals surface area contributed by atoms with Gasteiger partial charge in [0.2, 0.25) is 5.91 Å². The number of nitrogens with one attached hydrogen (secondary N) is 2. The second-order valence-electron chi connectivity index (χ2n) is 4.16. The van der Waals surface area contributed by atoms with Crippen molar-refractivity contribution in [2.24, 2.45) is 5.92 Å². The first-order chi connectivity index (χ1) is 7.20. The highest BCUT2D eigenvalue weighted by Crippen LogP contribution is 2.05. The second-order valence-corrected chi connectivity index (χ2v) is 5.63. The van der Waals surface area contributed by atoms with Crippen LogP contribution in [-0.4, -0.2) is 44.3 Å². The summed E-state index contributed by atoms with van der Waals surface area (Å²) in [5.41, 5.74) is 0. The molecule has 1 saturated heterocycles. The van der Waals surface area contributed by atoms with Crippen LogP contribution >= 0.6 is 0 Å². The number of rotatable bonds is 2. The Labute approximate surface area is 96.5 Å². The zero-order valence-electron chi connectivity index (χ0n) is 9.86. The summed E-state index contributed by atoms with van der Waals surface area (Å²) in [6.07, 6.45) is 1.65. The highest BCUT2D eigenvalue weighted by molar-refractivity contribution is 7.85. The molecule has 0 spiro atoms. The van der Waals surface area contributed by atoms with Gasteiger partial charge in [-0.2, -0.15) is 8.42 Å². The van der Waals surface area contributed by atoms with Crippen molar-refractivity contribution >= 4 is 16.0 Å². The highest BCUT2D eigenvalue weighted by Gasteiger charge is 2.21. The third-order valence-corrected chi connectivity index (χ3v) is 1.84. The Hall–Kier alpha value is -0.660. The second kappa shape index (κ2) is 6.82. The largest absolute Gasteiger partial charge is 0.353 e. The van der Waals surface area contributed by atoms with E-state index in [9.17, 15) is 13.2 Å². The van der Waals surface area contributed by atoms with Crippen LogP contribution in [0.1, 0.15) is 20.3 Å². The van der Waals surface area contributed by atoms with E-state index in [1.165, 1.54) is 0 Å². The monoisotopic (exact) mass is 252 g/mol. The fourth-order valence-electron chi connectivity index (χ4n) is 1.31. The van der Waals surface area contributed by atoms with Crippen LogP contribution in [0.15, 0.2) is 0 Å². The Bertz CT molecular complexity index is 305. The van der Waals surface area contributed by atoms with Crippen LogP contribution in [0.3, 0.4) is 0 Å². The fourth-order valence-corrected chi connectivity index (χ4v) is 1.31. The van der Waals surface area contributed by atoms with E-state index in [2.05, 4.69) is 24.5 Å². The molecule has 96 valence electrons.